The quantitative estimate of drug-likeness (QED) is 0.835. The Morgan fingerprint density at radius 3 is 2.46 bits per heavy atom. The molecule has 1 heterocycles. The summed E-state index contributed by atoms with van der Waals surface area (Å²) in [7, 11) is 1.55. The standard InChI is InChI=1S/C20H24FN3O2/c1-15-13-23(14-16-3-7-18(21)8-4-16)11-12-24(15)20(25)17-5-9-19(10-6-17)22-26-2/h3-10,15,22H,11-14H2,1-2H3. The third-order valence-electron chi connectivity index (χ3n) is 4.64. The fourth-order valence-electron chi connectivity index (χ4n) is 3.29. The summed E-state index contributed by atoms with van der Waals surface area (Å²) < 4.78 is 13.0. The Morgan fingerprint density at radius 2 is 1.85 bits per heavy atom. The van der Waals surface area contributed by atoms with E-state index < -0.39 is 0 Å². The van der Waals surface area contributed by atoms with Gasteiger partial charge in [0.05, 0.1) is 12.8 Å². The van der Waals surface area contributed by atoms with Crippen LogP contribution < -0.4 is 5.48 Å². The molecule has 1 aliphatic rings. The lowest BCUT2D eigenvalue weighted by Gasteiger charge is -2.40. The van der Waals surface area contributed by atoms with E-state index in [1.54, 1.807) is 19.2 Å². The molecule has 1 aliphatic heterocycles. The minimum atomic E-state index is -0.218. The van der Waals surface area contributed by atoms with Crippen molar-refractivity contribution in [3.05, 3.63) is 65.5 Å². The van der Waals surface area contributed by atoms with E-state index in [0.29, 0.717) is 12.1 Å². The van der Waals surface area contributed by atoms with Crippen LogP contribution in [0.15, 0.2) is 48.5 Å². The van der Waals surface area contributed by atoms with Crippen LogP contribution in [0.5, 0.6) is 0 Å². The third kappa shape index (κ3) is 4.39. The average molecular weight is 357 g/mol. The second kappa shape index (κ2) is 8.29. The molecule has 3 rings (SSSR count). The second-order valence-electron chi connectivity index (χ2n) is 6.59. The number of rotatable bonds is 5. The molecule has 2 aromatic rings. The van der Waals surface area contributed by atoms with Crippen LogP contribution in [0.25, 0.3) is 0 Å². The van der Waals surface area contributed by atoms with Gasteiger partial charge in [-0.2, -0.15) is 0 Å². The number of hydrogen-bond donors (Lipinski definition) is 1. The predicted octanol–water partition coefficient (Wildman–Crippen LogP) is 3.15. The van der Waals surface area contributed by atoms with E-state index in [-0.39, 0.29) is 17.8 Å². The van der Waals surface area contributed by atoms with Gasteiger partial charge in [-0.1, -0.05) is 12.1 Å². The summed E-state index contributed by atoms with van der Waals surface area (Å²) in [5.74, 6) is -0.174. The van der Waals surface area contributed by atoms with Crippen LogP contribution in [0.2, 0.25) is 0 Å². The van der Waals surface area contributed by atoms with Gasteiger partial charge in [0.1, 0.15) is 5.82 Å². The van der Waals surface area contributed by atoms with Gasteiger partial charge in [0.25, 0.3) is 5.91 Å². The molecule has 0 saturated carbocycles. The number of carbonyl (C=O) groups is 1. The molecule has 5 nitrogen and oxygen atoms in total. The third-order valence-corrected chi connectivity index (χ3v) is 4.64. The topological polar surface area (TPSA) is 44.8 Å². The Kier molecular flexibility index (Phi) is 5.85. The Labute approximate surface area is 153 Å². The number of amides is 1. The molecule has 1 fully saturated rings. The highest BCUT2D eigenvalue weighted by Gasteiger charge is 2.28. The number of anilines is 1. The van der Waals surface area contributed by atoms with Gasteiger partial charge in [0, 0.05) is 37.8 Å². The molecule has 1 amide bonds. The number of nitrogens with one attached hydrogen (secondary N) is 1. The monoisotopic (exact) mass is 357 g/mol. The van der Waals surface area contributed by atoms with Crippen LogP contribution in [-0.4, -0.2) is 48.5 Å². The van der Waals surface area contributed by atoms with Gasteiger partial charge in [0.15, 0.2) is 0 Å². The van der Waals surface area contributed by atoms with Crippen LogP contribution in [-0.2, 0) is 11.4 Å². The minimum Gasteiger partial charge on any atom is -0.333 e. The summed E-state index contributed by atoms with van der Waals surface area (Å²) in [6.07, 6.45) is 0. The summed E-state index contributed by atoms with van der Waals surface area (Å²) in [6, 6.07) is 14.0. The Bertz CT molecular complexity index is 734. The van der Waals surface area contributed by atoms with Crippen molar-refractivity contribution in [3.63, 3.8) is 0 Å². The fourth-order valence-corrected chi connectivity index (χ4v) is 3.29. The van der Waals surface area contributed by atoms with Crippen molar-refractivity contribution in [2.45, 2.75) is 19.5 Å². The van der Waals surface area contributed by atoms with Crippen LogP contribution in [0, 0.1) is 5.82 Å². The van der Waals surface area contributed by atoms with Crippen molar-refractivity contribution in [1.82, 2.24) is 9.80 Å². The second-order valence-corrected chi connectivity index (χ2v) is 6.59. The zero-order valence-corrected chi connectivity index (χ0v) is 15.1. The highest BCUT2D eigenvalue weighted by molar-refractivity contribution is 5.94. The number of hydrogen-bond acceptors (Lipinski definition) is 4. The molecule has 0 aromatic heterocycles. The van der Waals surface area contributed by atoms with E-state index in [1.807, 2.05) is 29.2 Å². The van der Waals surface area contributed by atoms with Crippen molar-refractivity contribution in [1.29, 1.82) is 0 Å². The molecule has 1 atom stereocenters. The summed E-state index contributed by atoms with van der Waals surface area (Å²) in [5.41, 5.74) is 5.30. The van der Waals surface area contributed by atoms with Crippen molar-refractivity contribution in [2.75, 3.05) is 32.2 Å². The highest BCUT2D eigenvalue weighted by Crippen LogP contribution is 2.18. The first-order chi connectivity index (χ1) is 12.6. The van der Waals surface area contributed by atoms with Gasteiger partial charge in [-0.3, -0.25) is 20.0 Å². The molecule has 2 aromatic carbocycles. The van der Waals surface area contributed by atoms with Gasteiger partial charge in [-0.15, -0.1) is 0 Å². The molecule has 1 N–H and O–H groups in total. The average Bonchev–Trinajstić information content (AvgIpc) is 2.64. The zero-order chi connectivity index (χ0) is 18.5. The van der Waals surface area contributed by atoms with Gasteiger partial charge in [-0.05, 0) is 48.9 Å². The molecular formula is C20H24FN3O2. The van der Waals surface area contributed by atoms with Gasteiger partial charge >= 0.3 is 0 Å². The summed E-state index contributed by atoms with van der Waals surface area (Å²) >= 11 is 0. The number of benzene rings is 2. The van der Waals surface area contributed by atoms with Gasteiger partial charge < -0.3 is 4.90 Å². The van der Waals surface area contributed by atoms with E-state index >= 15 is 0 Å². The van der Waals surface area contributed by atoms with Gasteiger partial charge in [-0.25, -0.2) is 4.39 Å². The Morgan fingerprint density at radius 1 is 1.15 bits per heavy atom. The van der Waals surface area contributed by atoms with Crippen molar-refractivity contribution >= 4 is 11.6 Å². The fraction of sp³-hybridized carbons (Fsp3) is 0.350. The molecule has 0 bridgehead atoms. The maximum Gasteiger partial charge on any atom is 0.254 e. The molecule has 26 heavy (non-hydrogen) atoms. The van der Waals surface area contributed by atoms with Crippen molar-refractivity contribution in [2.24, 2.45) is 0 Å². The Balaban J connectivity index is 1.59. The van der Waals surface area contributed by atoms with Crippen molar-refractivity contribution in [3.8, 4) is 0 Å². The highest BCUT2D eigenvalue weighted by atomic mass is 19.1. The molecular weight excluding hydrogens is 333 g/mol. The maximum atomic E-state index is 13.0. The molecule has 1 saturated heterocycles. The van der Waals surface area contributed by atoms with E-state index in [1.165, 1.54) is 12.1 Å². The molecule has 0 aliphatic carbocycles. The lowest BCUT2D eigenvalue weighted by atomic mass is 10.1. The molecule has 138 valence electrons. The zero-order valence-electron chi connectivity index (χ0n) is 15.1. The van der Waals surface area contributed by atoms with E-state index in [0.717, 1.165) is 30.9 Å². The number of carbonyl (C=O) groups excluding carboxylic acids is 1. The predicted molar refractivity (Wildman–Crippen MR) is 99.2 cm³/mol. The molecule has 1 unspecified atom stereocenters. The smallest absolute Gasteiger partial charge is 0.254 e. The summed E-state index contributed by atoms with van der Waals surface area (Å²) in [6.45, 7) is 5.11. The van der Waals surface area contributed by atoms with Crippen LogP contribution in [0.4, 0.5) is 10.1 Å². The first-order valence-corrected chi connectivity index (χ1v) is 8.73. The summed E-state index contributed by atoms with van der Waals surface area (Å²) in [5, 5.41) is 0. The largest absolute Gasteiger partial charge is 0.333 e. The normalized spacial score (nSPS) is 18.0. The van der Waals surface area contributed by atoms with E-state index in [2.05, 4.69) is 17.3 Å². The SMILES string of the molecule is CONc1ccc(C(=O)N2CCN(Cc3ccc(F)cc3)CC2C)cc1. The lowest BCUT2D eigenvalue weighted by molar-refractivity contribution is 0.0475. The molecule has 6 heteroatoms. The van der Waals surface area contributed by atoms with Crippen LogP contribution >= 0.6 is 0 Å². The van der Waals surface area contributed by atoms with E-state index in [9.17, 15) is 9.18 Å². The summed E-state index contributed by atoms with van der Waals surface area (Å²) in [4.78, 5) is 21.9. The Hall–Kier alpha value is -2.44. The number of piperazine rings is 1. The number of nitrogens with zero attached hydrogens (tertiary/aromatic N) is 2. The molecule has 0 radical (unpaired) electrons. The van der Waals surface area contributed by atoms with Gasteiger partial charge in [0.2, 0.25) is 0 Å². The number of halogens is 1. The first-order valence-electron chi connectivity index (χ1n) is 8.73. The van der Waals surface area contributed by atoms with E-state index in [4.69, 9.17) is 4.84 Å². The first kappa shape index (κ1) is 18.4. The van der Waals surface area contributed by atoms with Crippen molar-refractivity contribution < 1.29 is 14.0 Å². The maximum absolute atomic E-state index is 13.0. The lowest BCUT2D eigenvalue weighted by Crippen LogP contribution is -2.53. The van der Waals surface area contributed by atoms with Crippen LogP contribution in [0.1, 0.15) is 22.8 Å². The minimum absolute atomic E-state index is 0.0444. The molecule has 0 spiro atoms. The van der Waals surface area contributed by atoms with Crippen LogP contribution in [0.3, 0.4) is 0 Å².